The Labute approximate surface area is 185 Å². The van der Waals surface area contributed by atoms with E-state index < -0.39 is 10.0 Å². The van der Waals surface area contributed by atoms with Gasteiger partial charge in [-0.3, -0.25) is 4.79 Å². The number of benzene rings is 2. The smallest absolute Gasteiger partial charge is 0.260 e. The number of nitrogens with zero attached hydrogens (tertiary/aromatic N) is 4. The third-order valence-electron chi connectivity index (χ3n) is 5.06. The third-order valence-corrected chi connectivity index (χ3v) is 7.22. The number of rotatable bonds is 5. The van der Waals surface area contributed by atoms with Gasteiger partial charge in [-0.25, -0.2) is 13.4 Å². The number of aromatic nitrogens is 2. The predicted molar refractivity (Wildman–Crippen MR) is 117 cm³/mol. The Bertz CT molecular complexity index is 1210. The summed E-state index contributed by atoms with van der Waals surface area (Å²) in [6.45, 7) is 2.60. The highest BCUT2D eigenvalue weighted by molar-refractivity contribution is 7.89. The number of hydrogen-bond donors (Lipinski definition) is 0. The molecule has 1 saturated heterocycles. The van der Waals surface area contributed by atoms with Crippen molar-refractivity contribution in [2.24, 2.45) is 0 Å². The summed E-state index contributed by atoms with van der Waals surface area (Å²) in [5, 5.41) is 1.21. The second-order valence-corrected chi connectivity index (χ2v) is 9.49. The highest BCUT2D eigenvalue weighted by atomic mass is 35.5. The van der Waals surface area contributed by atoms with E-state index >= 15 is 0 Å². The zero-order chi connectivity index (χ0) is 22.0. The van der Waals surface area contributed by atoms with Crippen LogP contribution in [0.15, 0.2) is 53.4 Å². The van der Waals surface area contributed by atoms with Gasteiger partial charge in [0.25, 0.3) is 5.91 Å². The summed E-state index contributed by atoms with van der Waals surface area (Å²) in [6.07, 6.45) is 0. The van der Waals surface area contributed by atoms with Crippen LogP contribution in [-0.4, -0.2) is 66.3 Å². The van der Waals surface area contributed by atoms with Crippen molar-refractivity contribution < 1.29 is 17.9 Å². The van der Waals surface area contributed by atoms with E-state index in [-0.39, 0.29) is 30.5 Å². The molecule has 0 radical (unpaired) electrons. The summed E-state index contributed by atoms with van der Waals surface area (Å²) >= 11 is 5.84. The van der Waals surface area contributed by atoms with Gasteiger partial charge in [-0.2, -0.15) is 9.29 Å². The van der Waals surface area contributed by atoms with Crippen molar-refractivity contribution in [1.29, 1.82) is 0 Å². The molecule has 3 aromatic rings. The molecule has 2 aromatic carbocycles. The zero-order valence-electron chi connectivity index (χ0n) is 16.9. The highest BCUT2D eigenvalue weighted by Crippen LogP contribution is 2.23. The van der Waals surface area contributed by atoms with Crippen LogP contribution in [0.25, 0.3) is 10.9 Å². The molecule has 1 fully saturated rings. The molecule has 0 unspecified atom stereocenters. The van der Waals surface area contributed by atoms with E-state index in [1.807, 2.05) is 24.3 Å². The molecule has 0 bridgehead atoms. The number of sulfonamides is 1. The SMILES string of the molecule is Cc1nc(OCC(=O)N2CCN(S(=O)(=O)c3ccc(Cl)cc3)CC2)c2ccccc2n1. The topological polar surface area (TPSA) is 92.7 Å². The first-order valence-corrected chi connectivity index (χ1v) is 11.6. The Balaban J connectivity index is 1.37. The van der Waals surface area contributed by atoms with E-state index in [9.17, 15) is 13.2 Å². The van der Waals surface area contributed by atoms with Crippen LogP contribution < -0.4 is 4.74 Å². The number of carbonyl (C=O) groups excluding carboxylic acids is 1. The molecule has 162 valence electrons. The van der Waals surface area contributed by atoms with Gasteiger partial charge in [-0.05, 0) is 43.3 Å². The van der Waals surface area contributed by atoms with Gasteiger partial charge >= 0.3 is 0 Å². The molecule has 0 spiro atoms. The molecule has 0 N–H and O–H groups in total. The molecule has 2 heterocycles. The summed E-state index contributed by atoms with van der Waals surface area (Å²) < 4.78 is 32.6. The molecule has 8 nitrogen and oxygen atoms in total. The number of halogens is 1. The molecule has 4 rings (SSSR count). The van der Waals surface area contributed by atoms with Crippen LogP contribution in [0.4, 0.5) is 0 Å². The van der Waals surface area contributed by atoms with Gasteiger partial charge in [0, 0.05) is 31.2 Å². The first-order valence-electron chi connectivity index (χ1n) is 9.74. The molecular weight excluding hydrogens is 440 g/mol. The van der Waals surface area contributed by atoms with Gasteiger partial charge in [-0.1, -0.05) is 23.7 Å². The van der Waals surface area contributed by atoms with E-state index in [1.165, 1.54) is 16.4 Å². The monoisotopic (exact) mass is 460 g/mol. The Hall–Kier alpha value is -2.75. The van der Waals surface area contributed by atoms with Crippen LogP contribution in [0, 0.1) is 6.92 Å². The van der Waals surface area contributed by atoms with Crippen molar-refractivity contribution in [3.63, 3.8) is 0 Å². The quantitative estimate of drug-likeness (QED) is 0.580. The zero-order valence-corrected chi connectivity index (χ0v) is 18.4. The van der Waals surface area contributed by atoms with Crippen LogP contribution in [0.1, 0.15) is 5.82 Å². The van der Waals surface area contributed by atoms with Gasteiger partial charge in [0.1, 0.15) is 5.82 Å². The molecule has 1 aliphatic rings. The molecule has 0 aliphatic carbocycles. The van der Waals surface area contributed by atoms with Crippen molar-refractivity contribution in [2.45, 2.75) is 11.8 Å². The van der Waals surface area contributed by atoms with Gasteiger partial charge < -0.3 is 9.64 Å². The van der Waals surface area contributed by atoms with Gasteiger partial charge in [-0.15, -0.1) is 0 Å². The second kappa shape index (κ2) is 8.78. The lowest BCUT2D eigenvalue weighted by atomic mass is 10.2. The first kappa shape index (κ1) is 21.5. The van der Waals surface area contributed by atoms with Crippen LogP contribution in [0.2, 0.25) is 5.02 Å². The second-order valence-electron chi connectivity index (χ2n) is 7.12. The molecule has 0 atom stereocenters. The Morgan fingerprint density at radius 2 is 1.71 bits per heavy atom. The maximum Gasteiger partial charge on any atom is 0.260 e. The first-order chi connectivity index (χ1) is 14.8. The van der Waals surface area contributed by atoms with Gasteiger partial charge in [0.05, 0.1) is 15.8 Å². The minimum Gasteiger partial charge on any atom is -0.467 e. The fourth-order valence-corrected chi connectivity index (χ4v) is 4.97. The fraction of sp³-hybridized carbons (Fsp3) is 0.286. The lowest BCUT2D eigenvalue weighted by molar-refractivity contribution is -0.134. The lowest BCUT2D eigenvalue weighted by Crippen LogP contribution is -2.51. The number of fused-ring (bicyclic) bond motifs is 1. The summed E-state index contributed by atoms with van der Waals surface area (Å²) in [7, 11) is -3.62. The van der Waals surface area contributed by atoms with E-state index in [0.717, 1.165) is 10.9 Å². The van der Waals surface area contributed by atoms with Crippen molar-refractivity contribution >= 4 is 38.4 Å². The normalized spacial score (nSPS) is 15.2. The number of hydrogen-bond acceptors (Lipinski definition) is 6. The number of ether oxygens (including phenoxy) is 1. The summed E-state index contributed by atoms with van der Waals surface area (Å²) in [6, 6.07) is 13.5. The number of amides is 1. The molecule has 1 aliphatic heterocycles. The molecular formula is C21H21ClN4O4S. The Morgan fingerprint density at radius 1 is 1.03 bits per heavy atom. The Morgan fingerprint density at radius 3 is 2.42 bits per heavy atom. The van der Waals surface area contributed by atoms with Crippen LogP contribution in [0.5, 0.6) is 5.88 Å². The average Bonchev–Trinajstić information content (AvgIpc) is 2.77. The van der Waals surface area contributed by atoms with E-state index in [1.54, 1.807) is 24.0 Å². The van der Waals surface area contributed by atoms with Gasteiger partial charge in [0.15, 0.2) is 6.61 Å². The average molecular weight is 461 g/mol. The molecule has 0 saturated carbocycles. The maximum absolute atomic E-state index is 12.8. The summed E-state index contributed by atoms with van der Waals surface area (Å²) in [4.78, 5) is 23.1. The van der Waals surface area contributed by atoms with E-state index in [2.05, 4.69) is 9.97 Å². The van der Waals surface area contributed by atoms with Crippen molar-refractivity contribution in [1.82, 2.24) is 19.2 Å². The lowest BCUT2D eigenvalue weighted by Gasteiger charge is -2.33. The van der Waals surface area contributed by atoms with Crippen LogP contribution in [0.3, 0.4) is 0 Å². The van der Waals surface area contributed by atoms with E-state index in [4.69, 9.17) is 16.3 Å². The number of para-hydroxylation sites is 1. The van der Waals surface area contributed by atoms with Crippen LogP contribution >= 0.6 is 11.6 Å². The number of aryl methyl sites for hydroxylation is 1. The maximum atomic E-state index is 12.8. The van der Waals surface area contributed by atoms with Crippen molar-refractivity contribution in [2.75, 3.05) is 32.8 Å². The van der Waals surface area contributed by atoms with Crippen LogP contribution in [-0.2, 0) is 14.8 Å². The number of carbonyl (C=O) groups is 1. The largest absolute Gasteiger partial charge is 0.467 e. The molecule has 1 amide bonds. The van der Waals surface area contributed by atoms with Gasteiger partial charge in [0.2, 0.25) is 15.9 Å². The minimum atomic E-state index is -3.62. The van der Waals surface area contributed by atoms with Crippen molar-refractivity contribution in [3.05, 3.63) is 59.4 Å². The summed E-state index contributed by atoms with van der Waals surface area (Å²) in [5.74, 6) is 0.700. The molecule has 1 aromatic heterocycles. The molecule has 31 heavy (non-hydrogen) atoms. The fourth-order valence-electron chi connectivity index (χ4n) is 3.42. The third kappa shape index (κ3) is 4.63. The molecule has 10 heteroatoms. The summed E-state index contributed by atoms with van der Waals surface area (Å²) in [5.41, 5.74) is 0.749. The predicted octanol–water partition coefficient (Wildman–Crippen LogP) is 2.50. The number of piperazine rings is 1. The standard InChI is InChI=1S/C21H21ClN4O4S/c1-15-23-19-5-3-2-4-18(19)21(24-15)30-14-20(27)25-10-12-26(13-11-25)31(28,29)17-8-6-16(22)7-9-17/h2-9H,10-14H2,1H3. The minimum absolute atomic E-state index is 0.176. The Kier molecular flexibility index (Phi) is 6.08. The highest BCUT2D eigenvalue weighted by Gasteiger charge is 2.30. The van der Waals surface area contributed by atoms with Crippen molar-refractivity contribution in [3.8, 4) is 5.88 Å². The van der Waals surface area contributed by atoms with E-state index in [0.29, 0.717) is 29.8 Å².